The minimum atomic E-state index is -3.80. The minimum absolute atomic E-state index is 0.0613. The number of hydrogen-bond donors (Lipinski definition) is 1. The third kappa shape index (κ3) is 4.06. The zero-order chi connectivity index (χ0) is 17.9. The molecule has 3 rings (SSSR count). The fourth-order valence-electron chi connectivity index (χ4n) is 2.63. The lowest BCUT2D eigenvalue weighted by molar-refractivity contribution is 0.102. The highest BCUT2D eigenvalue weighted by atomic mass is 32.2. The van der Waals surface area contributed by atoms with Gasteiger partial charge in [0.1, 0.15) is 5.84 Å². The number of likely N-dealkylation sites (tertiary alicyclic amines) is 1. The summed E-state index contributed by atoms with van der Waals surface area (Å²) in [6, 6.07) is 14.9. The Labute approximate surface area is 147 Å². The summed E-state index contributed by atoms with van der Waals surface area (Å²) in [6.45, 7) is 0.807. The van der Waals surface area contributed by atoms with E-state index >= 15 is 0 Å². The second-order valence-corrected chi connectivity index (χ2v) is 7.46. The highest BCUT2D eigenvalue weighted by molar-refractivity contribution is 7.90. The first kappa shape index (κ1) is 17.2. The summed E-state index contributed by atoms with van der Waals surface area (Å²) in [5.74, 6) is 0.274. The Kier molecular flexibility index (Phi) is 4.85. The van der Waals surface area contributed by atoms with Crippen molar-refractivity contribution in [3.63, 3.8) is 0 Å². The number of carbonyl (C=O) groups excluding carboxylic acids is 1. The van der Waals surface area contributed by atoms with Gasteiger partial charge < -0.3 is 10.2 Å². The Hall–Kier alpha value is -2.67. The maximum atomic E-state index is 12.5. The van der Waals surface area contributed by atoms with Crippen LogP contribution in [0.15, 0.2) is 63.9 Å². The summed E-state index contributed by atoms with van der Waals surface area (Å²) < 4.78 is 29.0. The van der Waals surface area contributed by atoms with Crippen molar-refractivity contribution in [1.29, 1.82) is 0 Å². The van der Waals surface area contributed by atoms with Crippen molar-refractivity contribution in [1.82, 2.24) is 4.90 Å². The molecule has 1 aliphatic heterocycles. The van der Waals surface area contributed by atoms with Crippen LogP contribution in [0, 0.1) is 0 Å². The number of hydrogen-bond acceptors (Lipinski definition) is 3. The van der Waals surface area contributed by atoms with E-state index in [2.05, 4.69) is 9.71 Å². The number of carbonyl (C=O) groups is 1. The van der Waals surface area contributed by atoms with Crippen LogP contribution in [-0.4, -0.2) is 38.7 Å². The molecule has 1 heterocycles. The molecule has 25 heavy (non-hydrogen) atoms. The molecule has 0 atom stereocenters. The molecule has 0 spiro atoms. The van der Waals surface area contributed by atoms with Gasteiger partial charge in [0, 0.05) is 31.3 Å². The molecule has 2 aromatic rings. The molecule has 1 N–H and O–H groups in total. The lowest BCUT2D eigenvalue weighted by Gasteiger charge is -2.11. The second kappa shape index (κ2) is 7.06. The third-order valence-electron chi connectivity index (χ3n) is 3.99. The largest absolute Gasteiger partial charge is 0.362 e. The van der Waals surface area contributed by atoms with Crippen LogP contribution in [0.3, 0.4) is 0 Å². The predicted octanol–water partition coefficient (Wildman–Crippen LogP) is 2.75. The number of sulfonamides is 1. The van der Waals surface area contributed by atoms with Crippen LogP contribution in [0.4, 0.5) is 5.69 Å². The van der Waals surface area contributed by atoms with Crippen molar-refractivity contribution in [2.45, 2.75) is 17.7 Å². The van der Waals surface area contributed by atoms with E-state index in [1.165, 1.54) is 12.1 Å². The topological polar surface area (TPSA) is 78.8 Å². The fraction of sp³-hybridized carbons (Fsp3) is 0.222. The Morgan fingerprint density at radius 3 is 2.56 bits per heavy atom. The highest BCUT2D eigenvalue weighted by Crippen LogP contribution is 2.20. The first-order valence-electron chi connectivity index (χ1n) is 7.97. The first-order valence-corrected chi connectivity index (χ1v) is 9.41. The summed E-state index contributed by atoms with van der Waals surface area (Å²) in [5, 5.41) is 2.71. The van der Waals surface area contributed by atoms with Crippen molar-refractivity contribution < 1.29 is 13.2 Å². The number of amidine groups is 1. The zero-order valence-corrected chi connectivity index (χ0v) is 14.7. The fourth-order valence-corrected chi connectivity index (χ4v) is 3.77. The van der Waals surface area contributed by atoms with Gasteiger partial charge in [-0.15, -0.1) is 4.40 Å². The molecular formula is C18H19N3O3S. The van der Waals surface area contributed by atoms with Crippen LogP contribution in [0.5, 0.6) is 0 Å². The molecule has 1 amide bonds. The van der Waals surface area contributed by atoms with Crippen molar-refractivity contribution in [2.24, 2.45) is 4.40 Å². The summed E-state index contributed by atoms with van der Waals surface area (Å²) in [7, 11) is -1.97. The number of nitrogens with zero attached hydrogens (tertiary/aromatic N) is 2. The Morgan fingerprint density at radius 1 is 1.12 bits per heavy atom. The summed E-state index contributed by atoms with van der Waals surface area (Å²) in [5.41, 5.74) is 0.915. The summed E-state index contributed by atoms with van der Waals surface area (Å²) in [6.07, 6.45) is 1.55. The monoisotopic (exact) mass is 357 g/mol. The van der Waals surface area contributed by atoms with Gasteiger partial charge in [-0.3, -0.25) is 4.79 Å². The lowest BCUT2D eigenvalue weighted by atomic mass is 10.2. The van der Waals surface area contributed by atoms with E-state index in [0.29, 0.717) is 23.5 Å². The van der Waals surface area contributed by atoms with Crippen LogP contribution < -0.4 is 5.32 Å². The highest BCUT2D eigenvalue weighted by Gasteiger charge is 2.20. The van der Waals surface area contributed by atoms with Crippen LogP contribution in [0.25, 0.3) is 0 Å². The Morgan fingerprint density at radius 2 is 1.88 bits per heavy atom. The molecule has 0 unspecified atom stereocenters. The smallest absolute Gasteiger partial charge is 0.284 e. The maximum absolute atomic E-state index is 12.5. The summed E-state index contributed by atoms with van der Waals surface area (Å²) in [4.78, 5) is 14.1. The van der Waals surface area contributed by atoms with Gasteiger partial charge in [-0.25, -0.2) is 0 Å². The molecule has 130 valence electrons. The van der Waals surface area contributed by atoms with E-state index in [1.807, 2.05) is 18.0 Å². The molecule has 1 saturated heterocycles. The molecule has 7 heteroatoms. The average Bonchev–Trinajstić information content (AvgIpc) is 3.00. The van der Waals surface area contributed by atoms with Crippen molar-refractivity contribution in [2.75, 3.05) is 18.9 Å². The molecule has 0 bridgehead atoms. The molecule has 0 aromatic heterocycles. The Balaban J connectivity index is 1.83. The van der Waals surface area contributed by atoms with E-state index in [0.717, 1.165) is 13.0 Å². The number of benzene rings is 2. The van der Waals surface area contributed by atoms with E-state index in [1.54, 1.807) is 36.4 Å². The molecule has 1 fully saturated rings. The molecule has 1 aliphatic rings. The normalized spacial score (nSPS) is 16.2. The van der Waals surface area contributed by atoms with Gasteiger partial charge in [-0.1, -0.05) is 24.3 Å². The van der Waals surface area contributed by atoms with Crippen molar-refractivity contribution in [3.8, 4) is 0 Å². The van der Waals surface area contributed by atoms with E-state index in [4.69, 9.17) is 0 Å². The van der Waals surface area contributed by atoms with E-state index in [9.17, 15) is 13.2 Å². The van der Waals surface area contributed by atoms with Gasteiger partial charge in [-0.05, 0) is 36.8 Å². The SMILES string of the molecule is CN1CCCC1=NS(=O)(=O)c1cccc(NC(=O)c2ccccc2)c1. The Bertz CT molecular complexity index is 908. The van der Waals surface area contributed by atoms with Gasteiger partial charge in [-0.2, -0.15) is 8.42 Å². The average molecular weight is 357 g/mol. The molecule has 6 nitrogen and oxygen atoms in total. The molecule has 0 saturated carbocycles. The molecule has 0 aliphatic carbocycles. The van der Waals surface area contributed by atoms with Crippen LogP contribution >= 0.6 is 0 Å². The molecular weight excluding hydrogens is 338 g/mol. The van der Waals surface area contributed by atoms with Crippen LogP contribution in [0.2, 0.25) is 0 Å². The quantitative estimate of drug-likeness (QED) is 0.912. The number of rotatable bonds is 4. The number of anilines is 1. The molecule has 2 aromatic carbocycles. The van der Waals surface area contributed by atoms with Crippen LogP contribution in [-0.2, 0) is 10.0 Å². The summed E-state index contributed by atoms with van der Waals surface area (Å²) >= 11 is 0. The standard InChI is InChI=1S/C18H19N3O3S/c1-21-12-6-11-17(21)20-25(23,24)16-10-5-9-15(13-16)19-18(22)14-7-3-2-4-8-14/h2-5,7-10,13H,6,11-12H2,1H3,(H,19,22). The van der Waals surface area contributed by atoms with Crippen molar-refractivity contribution in [3.05, 3.63) is 60.2 Å². The van der Waals surface area contributed by atoms with Gasteiger partial charge >= 0.3 is 0 Å². The van der Waals surface area contributed by atoms with Gasteiger partial charge in [0.15, 0.2) is 0 Å². The van der Waals surface area contributed by atoms with Gasteiger partial charge in [0.05, 0.1) is 4.90 Å². The first-order chi connectivity index (χ1) is 12.0. The van der Waals surface area contributed by atoms with Gasteiger partial charge in [0.25, 0.3) is 15.9 Å². The van der Waals surface area contributed by atoms with E-state index in [-0.39, 0.29) is 10.8 Å². The third-order valence-corrected chi connectivity index (χ3v) is 5.29. The second-order valence-electron chi connectivity index (χ2n) is 5.86. The maximum Gasteiger partial charge on any atom is 0.284 e. The lowest BCUT2D eigenvalue weighted by Crippen LogP contribution is -2.20. The van der Waals surface area contributed by atoms with Crippen LogP contribution in [0.1, 0.15) is 23.2 Å². The van der Waals surface area contributed by atoms with Crippen molar-refractivity contribution >= 4 is 27.5 Å². The number of nitrogens with one attached hydrogen (secondary N) is 1. The predicted molar refractivity (Wildman–Crippen MR) is 97.3 cm³/mol. The number of amides is 1. The minimum Gasteiger partial charge on any atom is -0.362 e. The van der Waals surface area contributed by atoms with E-state index < -0.39 is 10.0 Å². The molecule has 0 radical (unpaired) electrons. The zero-order valence-electron chi connectivity index (χ0n) is 13.8. The van der Waals surface area contributed by atoms with Gasteiger partial charge in [0.2, 0.25) is 0 Å².